The maximum Gasteiger partial charge on any atom is 0.253 e. The molecule has 1 heterocycles. The Morgan fingerprint density at radius 3 is 2.48 bits per heavy atom. The third-order valence-corrected chi connectivity index (χ3v) is 5.33. The van der Waals surface area contributed by atoms with E-state index in [4.69, 9.17) is 11.6 Å². The number of benzene rings is 3. The number of fused-ring (bicyclic) bond motifs is 1. The summed E-state index contributed by atoms with van der Waals surface area (Å²) in [7, 11) is 0. The van der Waals surface area contributed by atoms with Crippen LogP contribution in [-0.4, -0.2) is 27.9 Å². The first-order valence-corrected chi connectivity index (χ1v) is 10.1. The van der Waals surface area contributed by atoms with Gasteiger partial charge in [-0.25, -0.2) is 0 Å². The molecule has 6 nitrogen and oxygen atoms in total. The summed E-state index contributed by atoms with van der Waals surface area (Å²) in [4.78, 5) is 29.1. The van der Waals surface area contributed by atoms with E-state index in [0.717, 1.165) is 16.5 Å². The molecule has 0 bridgehead atoms. The lowest BCUT2D eigenvalue weighted by molar-refractivity contribution is -0.118. The summed E-state index contributed by atoms with van der Waals surface area (Å²) in [6, 6.07) is 19.9. The van der Waals surface area contributed by atoms with E-state index in [-0.39, 0.29) is 23.4 Å². The van der Waals surface area contributed by atoms with E-state index in [1.807, 2.05) is 30.5 Å². The van der Waals surface area contributed by atoms with Gasteiger partial charge in [-0.1, -0.05) is 54.1 Å². The molecule has 0 aliphatic carbocycles. The molecule has 3 aromatic carbocycles. The third kappa shape index (κ3) is 4.54. The topological polar surface area (TPSA) is 94.2 Å². The number of rotatable bonds is 6. The lowest BCUT2D eigenvalue weighted by atomic mass is 10.0. The number of hydrogen-bond donors (Lipinski definition) is 4. The molecule has 1 atom stereocenters. The number of amides is 2. The number of nitrogens with one attached hydrogen (secondary N) is 3. The van der Waals surface area contributed by atoms with Crippen molar-refractivity contribution in [2.45, 2.75) is 12.5 Å². The zero-order valence-corrected chi connectivity index (χ0v) is 17.2. The van der Waals surface area contributed by atoms with Crippen molar-refractivity contribution in [2.24, 2.45) is 0 Å². The number of para-hydroxylation sites is 3. The Hall–Kier alpha value is -3.77. The zero-order valence-electron chi connectivity index (χ0n) is 16.4. The summed E-state index contributed by atoms with van der Waals surface area (Å²) < 4.78 is 0. The molecule has 0 aliphatic rings. The first-order valence-electron chi connectivity index (χ1n) is 9.72. The molecule has 4 N–H and O–H groups in total. The number of anilines is 1. The number of carbonyl (C=O) groups is 2. The molecule has 4 rings (SSSR count). The summed E-state index contributed by atoms with van der Waals surface area (Å²) in [6.07, 6.45) is 2.08. The molecule has 1 unspecified atom stereocenters. The van der Waals surface area contributed by atoms with Gasteiger partial charge in [0.2, 0.25) is 5.91 Å². The molecule has 7 heteroatoms. The second-order valence-corrected chi connectivity index (χ2v) is 7.48. The Balaban J connectivity index is 1.62. The molecule has 4 aromatic rings. The summed E-state index contributed by atoms with van der Waals surface area (Å²) in [6.45, 7) is 0. The second kappa shape index (κ2) is 8.93. The standard InChI is InChI=1S/C24H20ClN3O3/c25-18-9-3-1-8-17(18)23(30)28-21(24(31)27-20-11-5-6-12-22(20)29)13-15-14-26-19-10-4-2-7-16(15)19/h1-12,14,21,26,29H,13H2,(H,27,31)(H,28,30). The van der Waals surface area contributed by atoms with Gasteiger partial charge in [0, 0.05) is 23.5 Å². The molecular weight excluding hydrogens is 414 g/mol. The lowest BCUT2D eigenvalue weighted by Gasteiger charge is -2.19. The SMILES string of the molecule is O=C(NC(Cc1c[nH]c2ccccc12)C(=O)Nc1ccccc1O)c1ccccc1Cl. The number of aromatic amines is 1. The number of halogens is 1. The molecule has 0 aliphatic heterocycles. The fraction of sp³-hybridized carbons (Fsp3) is 0.0833. The Labute approximate surface area is 183 Å². The number of H-pyrrole nitrogens is 1. The van der Waals surface area contributed by atoms with Gasteiger partial charge in [-0.2, -0.15) is 0 Å². The van der Waals surface area contributed by atoms with Gasteiger partial charge < -0.3 is 20.7 Å². The maximum absolute atomic E-state index is 13.1. The highest BCUT2D eigenvalue weighted by Crippen LogP contribution is 2.23. The average Bonchev–Trinajstić information content (AvgIpc) is 3.18. The number of phenols is 1. The maximum atomic E-state index is 13.1. The van der Waals surface area contributed by atoms with Crippen LogP contribution in [0.25, 0.3) is 10.9 Å². The van der Waals surface area contributed by atoms with Gasteiger partial charge in [-0.15, -0.1) is 0 Å². The van der Waals surface area contributed by atoms with Crippen molar-refractivity contribution >= 4 is 40.0 Å². The summed E-state index contributed by atoms with van der Waals surface area (Å²) in [5.74, 6) is -0.964. The molecule has 2 amide bonds. The third-order valence-electron chi connectivity index (χ3n) is 5.00. The fourth-order valence-electron chi connectivity index (χ4n) is 3.41. The van der Waals surface area contributed by atoms with Gasteiger partial charge in [0.1, 0.15) is 11.8 Å². The molecule has 0 saturated heterocycles. The van der Waals surface area contributed by atoms with Crippen LogP contribution in [-0.2, 0) is 11.2 Å². The number of phenolic OH excluding ortho intramolecular Hbond substituents is 1. The fourth-order valence-corrected chi connectivity index (χ4v) is 3.63. The summed E-state index contributed by atoms with van der Waals surface area (Å²) >= 11 is 6.15. The predicted molar refractivity (Wildman–Crippen MR) is 121 cm³/mol. The van der Waals surface area contributed by atoms with Crippen LogP contribution in [0.1, 0.15) is 15.9 Å². The van der Waals surface area contributed by atoms with Crippen molar-refractivity contribution in [2.75, 3.05) is 5.32 Å². The first-order chi connectivity index (χ1) is 15.0. The van der Waals surface area contributed by atoms with Crippen LogP contribution in [0.2, 0.25) is 5.02 Å². The molecule has 0 spiro atoms. The molecule has 1 aromatic heterocycles. The van der Waals surface area contributed by atoms with E-state index in [0.29, 0.717) is 5.02 Å². The molecular formula is C24H20ClN3O3. The van der Waals surface area contributed by atoms with E-state index < -0.39 is 17.9 Å². The predicted octanol–water partition coefficient (Wildman–Crippen LogP) is 4.51. The van der Waals surface area contributed by atoms with Crippen molar-refractivity contribution < 1.29 is 14.7 Å². The minimum Gasteiger partial charge on any atom is -0.506 e. The number of aromatic nitrogens is 1. The van der Waals surface area contributed by atoms with E-state index in [9.17, 15) is 14.7 Å². The van der Waals surface area contributed by atoms with Crippen molar-refractivity contribution in [3.63, 3.8) is 0 Å². The quantitative estimate of drug-likeness (QED) is 0.337. The van der Waals surface area contributed by atoms with Crippen molar-refractivity contribution in [3.8, 4) is 5.75 Å². The molecule has 31 heavy (non-hydrogen) atoms. The van der Waals surface area contributed by atoms with Gasteiger partial charge in [-0.05, 0) is 35.9 Å². The van der Waals surface area contributed by atoms with Gasteiger partial charge in [-0.3, -0.25) is 9.59 Å². The summed E-state index contributed by atoms with van der Waals surface area (Å²) in [5.41, 5.74) is 2.37. The van der Waals surface area contributed by atoms with Crippen LogP contribution < -0.4 is 10.6 Å². The summed E-state index contributed by atoms with van der Waals surface area (Å²) in [5, 5.41) is 16.8. The van der Waals surface area contributed by atoms with E-state index in [2.05, 4.69) is 15.6 Å². The van der Waals surface area contributed by atoms with Crippen LogP contribution in [0.4, 0.5) is 5.69 Å². The van der Waals surface area contributed by atoms with E-state index >= 15 is 0 Å². The molecule has 0 radical (unpaired) electrons. The Morgan fingerprint density at radius 2 is 1.68 bits per heavy atom. The van der Waals surface area contributed by atoms with E-state index in [1.54, 1.807) is 42.5 Å². The van der Waals surface area contributed by atoms with Crippen LogP contribution in [0.3, 0.4) is 0 Å². The highest BCUT2D eigenvalue weighted by Gasteiger charge is 2.24. The number of hydrogen-bond acceptors (Lipinski definition) is 3. The second-order valence-electron chi connectivity index (χ2n) is 7.08. The minimum absolute atomic E-state index is 0.0564. The van der Waals surface area contributed by atoms with Gasteiger partial charge >= 0.3 is 0 Å². The molecule has 0 fully saturated rings. The van der Waals surface area contributed by atoms with Gasteiger partial charge in [0.25, 0.3) is 5.91 Å². The highest BCUT2D eigenvalue weighted by atomic mass is 35.5. The van der Waals surface area contributed by atoms with Crippen LogP contribution in [0.5, 0.6) is 5.75 Å². The van der Waals surface area contributed by atoms with Gasteiger partial charge in [0.05, 0.1) is 16.3 Å². The van der Waals surface area contributed by atoms with Crippen molar-refractivity contribution in [3.05, 3.63) is 95.1 Å². The zero-order chi connectivity index (χ0) is 21.8. The largest absolute Gasteiger partial charge is 0.506 e. The smallest absolute Gasteiger partial charge is 0.253 e. The van der Waals surface area contributed by atoms with Crippen LogP contribution >= 0.6 is 11.6 Å². The molecule has 156 valence electrons. The van der Waals surface area contributed by atoms with Gasteiger partial charge in [0.15, 0.2) is 0 Å². The number of carbonyl (C=O) groups excluding carboxylic acids is 2. The number of aromatic hydroxyl groups is 1. The van der Waals surface area contributed by atoms with Crippen LogP contribution in [0, 0.1) is 0 Å². The Kier molecular flexibility index (Phi) is 5.91. The van der Waals surface area contributed by atoms with Crippen LogP contribution in [0.15, 0.2) is 79.0 Å². The Morgan fingerprint density at radius 1 is 0.968 bits per heavy atom. The molecule has 0 saturated carbocycles. The highest BCUT2D eigenvalue weighted by molar-refractivity contribution is 6.33. The Bertz CT molecular complexity index is 1250. The average molecular weight is 434 g/mol. The monoisotopic (exact) mass is 433 g/mol. The minimum atomic E-state index is -0.900. The lowest BCUT2D eigenvalue weighted by Crippen LogP contribution is -2.45. The van der Waals surface area contributed by atoms with Crippen molar-refractivity contribution in [1.82, 2.24) is 10.3 Å². The van der Waals surface area contributed by atoms with Crippen molar-refractivity contribution in [1.29, 1.82) is 0 Å². The van der Waals surface area contributed by atoms with E-state index in [1.165, 1.54) is 6.07 Å². The normalized spacial score (nSPS) is 11.8. The first kappa shape index (κ1) is 20.5.